The number of thiophene rings is 1. The number of methoxy groups -OCH3 is 2. The third kappa shape index (κ3) is 6.42. The van der Waals surface area contributed by atoms with Crippen molar-refractivity contribution >= 4 is 60.6 Å². The van der Waals surface area contributed by atoms with Gasteiger partial charge in [-0.3, -0.25) is 4.79 Å². The zero-order valence-corrected chi connectivity index (χ0v) is 20.1. The average Bonchev–Trinajstić information content (AvgIpc) is 3.21. The number of amides is 1. The van der Waals surface area contributed by atoms with Crippen LogP contribution in [0.3, 0.4) is 0 Å². The van der Waals surface area contributed by atoms with E-state index in [2.05, 4.69) is 10.0 Å². The summed E-state index contributed by atoms with van der Waals surface area (Å²) >= 11 is 7.43. The topological polar surface area (TPSA) is 120 Å². The van der Waals surface area contributed by atoms with Gasteiger partial charge in [-0.25, -0.2) is 17.9 Å². The summed E-state index contributed by atoms with van der Waals surface area (Å²) in [5.41, 5.74) is 0.528. The van der Waals surface area contributed by atoms with Crippen LogP contribution in [0.2, 0.25) is 5.02 Å². The SMILES string of the molecule is COCCNS(=O)(=O)c1ccc(OCC(=O)Nc2ccc3sc(C(=O)OC)cc3c2)c(Cl)c1. The van der Waals surface area contributed by atoms with Gasteiger partial charge in [0, 0.05) is 24.0 Å². The second kappa shape index (κ2) is 10.9. The van der Waals surface area contributed by atoms with Crippen LogP contribution in [0.5, 0.6) is 5.75 Å². The van der Waals surface area contributed by atoms with E-state index >= 15 is 0 Å². The Hall–Kier alpha value is -2.70. The Balaban J connectivity index is 1.61. The van der Waals surface area contributed by atoms with Crippen LogP contribution < -0.4 is 14.8 Å². The molecule has 0 unspecified atom stereocenters. The number of rotatable bonds is 10. The van der Waals surface area contributed by atoms with E-state index in [-0.39, 0.29) is 35.4 Å². The minimum atomic E-state index is -3.74. The maximum atomic E-state index is 12.3. The summed E-state index contributed by atoms with van der Waals surface area (Å²) < 4.78 is 42.7. The van der Waals surface area contributed by atoms with Gasteiger partial charge in [-0.05, 0) is 47.9 Å². The number of carbonyl (C=O) groups excluding carboxylic acids is 2. The summed E-state index contributed by atoms with van der Waals surface area (Å²) in [6, 6.07) is 10.9. The van der Waals surface area contributed by atoms with Gasteiger partial charge in [-0.15, -0.1) is 11.3 Å². The number of hydrogen-bond acceptors (Lipinski definition) is 8. The lowest BCUT2D eigenvalue weighted by Crippen LogP contribution is -2.27. The molecule has 2 N–H and O–H groups in total. The van der Waals surface area contributed by atoms with Crippen LogP contribution in [0.15, 0.2) is 47.4 Å². The Labute approximate surface area is 199 Å². The number of benzene rings is 2. The number of anilines is 1. The smallest absolute Gasteiger partial charge is 0.348 e. The fourth-order valence-electron chi connectivity index (χ4n) is 2.79. The molecule has 0 radical (unpaired) electrons. The zero-order chi connectivity index (χ0) is 24.0. The average molecular weight is 513 g/mol. The molecule has 1 aromatic heterocycles. The van der Waals surface area contributed by atoms with Crippen molar-refractivity contribution in [2.45, 2.75) is 4.90 Å². The minimum Gasteiger partial charge on any atom is -0.482 e. The van der Waals surface area contributed by atoms with Crippen LogP contribution in [0.1, 0.15) is 9.67 Å². The van der Waals surface area contributed by atoms with E-state index in [0.29, 0.717) is 10.6 Å². The lowest BCUT2D eigenvalue weighted by Gasteiger charge is -2.11. The first kappa shape index (κ1) is 24.9. The van der Waals surface area contributed by atoms with Crippen LogP contribution in [-0.4, -0.2) is 54.3 Å². The van der Waals surface area contributed by atoms with Gasteiger partial charge in [0.2, 0.25) is 10.0 Å². The lowest BCUT2D eigenvalue weighted by atomic mass is 10.2. The number of carbonyl (C=O) groups is 2. The highest BCUT2D eigenvalue weighted by Gasteiger charge is 2.16. The molecule has 0 saturated carbocycles. The third-order valence-corrected chi connectivity index (χ3v) is 7.21. The van der Waals surface area contributed by atoms with Gasteiger partial charge in [0.25, 0.3) is 5.91 Å². The molecule has 176 valence electrons. The Morgan fingerprint density at radius 2 is 1.88 bits per heavy atom. The van der Waals surface area contributed by atoms with Crippen LogP contribution in [0.25, 0.3) is 10.1 Å². The minimum absolute atomic E-state index is 0.0317. The molecular formula is C21H21ClN2O7S2. The van der Waals surface area contributed by atoms with Gasteiger partial charge in [0.05, 0.1) is 23.6 Å². The highest BCUT2D eigenvalue weighted by atomic mass is 35.5. The standard InChI is InChI=1S/C21H21ClN2O7S2/c1-29-8-7-23-33(27,28)15-4-5-17(16(22)11-15)31-12-20(25)24-14-3-6-18-13(9-14)10-19(32-18)21(26)30-2/h3-6,9-11,23H,7-8,12H2,1-2H3,(H,24,25). The maximum Gasteiger partial charge on any atom is 0.348 e. The highest BCUT2D eigenvalue weighted by molar-refractivity contribution is 7.89. The van der Waals surface area contributed by atoms with E-state index in [1.807, 2.05) is 0 Å². The van der Waals surface area contributed by atoms with Crippen molar-refractivity contribution in [3.63, 3.8) is 0 Å². The Morgan fingerprint density at radius 3 is 2.58 bits per heavy atom. The van der Waals surface area contributed by atoms with E-state index in [1.54, 1.807) is 24.3 Å². The first-order valence-corrected chi connectivity index (χ1v) is 12.2. The van der Waals surface area contributed by atoms with Crippen molar-refractivity contribution in [2.24, 2.45) is 0 Å². The van der Waals surface area contributed by atoms with Crippen LogP contribution in [0.4, 0.5) is 5.69 Å². The largest absolute Gasteiger partial charge is 0.482 e. The summed E-state index contributed by atoms with van der Waals surface area (Å²) in [5, 5.41) is 3.54. The highest BCUT2D eigenvalue weighted by Crippen LogP contribution is 2.29. The van der Waals surface area contributed by atoms with Crippen molar-refractivity contribution in [2.75, 3.05) is 39.3 Å². The quantitative estimate of drug-likeness (QED) is 0.316. The molecule has 0 fully saturated rings. The zero-order valence-electron chi connectivity index (χ0n) is 17.7. The molecular weight excluding hydrogens is 492 g/mol. The molecule has 0 bridgehead atoms. The molecule has 0 saturated heterocycles. The second-order valence-electron chi connectivity index (χ2n) is 6.67. The molecule has 33 heavy (non-hydrogen) atoms. The van der Waals surface area contributed by atoms with E-state index < -0.39 is 21.9 Å². The lowest BCUT2D eigenvalue weighted by molar-refractivity contribution is -0.118. The van der Waals surface area contributed by atoms with Crippen molar-refractivity contribution in [1.29, 1.82) is 0 Å². The van der Waals surface area contributed by atoms with Gasteiger partial charge in [0.15, 0.2) is 6.61 Å². The van der Waals surface area contributed by atoms with Gasteiger partial charge < -0.3 is 19.5 Å². The van der Waals surface area contributed by atoms with Crippen LogP contribution >= 0.6 is 22.9 Å². The van der Waals surface area contributed by atoms with Crippen molar-refractivity contribution < 1.29 is 32.2 Å². The van der Waals surface area contributed by atoms with E-state index in [9.17, 15) is 18.0 Å². The summed E-state index contributed by atoms with van der Waals surface area (Å²) in [6.07, 6.45) is 0. The van der Waals surface area contributed by atoms with E-state index in [1.165, 1.54) is 43.8 Å². The molecule has 0 aliphatic rings. The number of fused-ring (bicyclic) bond motifs is 1. The van der Waals surface area contributed by atoms with Gasteiger partial charge in [-0.2, -0.15) is 0 Å². The van der Waals surface area contributed by atoms with Gasteiger partial charge in [0.1, 0.15) is 10.6 Å². The molecule has 12 heteroatoms. The fraction of sp³-hybridized carbons (Fsp3) is 0.238. The Morgan fingerprint density at radius 1 is 1.09 bits per heavy atom. The van der Waals surface area contributed by atoms with E-state index in [0.717, 1.165) is 10.1 Å². The number of halogens is 1. The maximum absolute atomic E-state index is 12.3. The van der Waals surface area contributed by atoms with E-state index in [4.69, 9.17) is 25.8 Å². The third-order valence-electron chi connectivity index (χ3n) is 4.36. The van der Waals surface area contributed by atoms with Crippen molar-refractivity contribution in [3.8, 4) is 5.75 Å². The molecule has 0 aliphatic heterocycles. The van der Waals surface area contributed by atoms with Gasteiger partial charge >= 0.3 is 5.97 Å². The Bertz CT molecular complexity index is 1270. The fourth-order valence-corrected chi connectivity index (χ4v) is 5.09. The van der Waals surface area contributed by atoms with Crippen molar-refractivity contribution in [3.05, 3.63) is 52.4 Å². The second-order valence-corrected chi connectivity index (χ2v) is 9.93. The van der Waals surface area contributed by atoms with Crippen LogP contribution in [-0.2, 0) is 24.3 Å². The number of esters is 1. The monoisotopic (exact) mass is 512 g/mol. The first-order valence-electron chi connectivity index (χ1n) is 9.56. The molecule has 1 amide bonds. The number of nitrogens with one attached hydrogen (secondary N) is 2. The predicted molar refractivity (Wildman–Crippen MR) is 126 cm³/mol. The van der Waals surface area contributed by atoms with Crippen molar-refractivity contribution in [1.82, 2.24) is 4.72 Å². The van der Waals surface area contributed by atoms with Gasteiger partial charge in [-0.1, -0.05) is 11.6 Å². The molecule has 0 spiro atoms. The summed E-state index contributed by atoms with van der Waals surface area (Å²) in [7, 11) is -0.961. The van der Waals surface area contributed by atoms with Crippen LogP contribution in [0, 0.1) is 0 Å². The molecule has 3 aromatic rings. The Kier molecular flexibility index (Phi) is 8.27. The normalized spacial score (nSPS) is 11.4. The predicted octanol–water partition coefficient (Wildman–Crippen LogP) is 3.28. The molecule has 0 atom stereocenters. The summed E-state index contributed by atoms with van der Waals surface area (Å²) in [5.74, 6) is -0.693. The molecule has 3 rings (SSSR count). The number of ether oxygens (including phenoxy) is 3. The summed E-state index contributed by atoms with van der Waals surface area (Å²) in [6.45, 7) is 0.0120. The number of sulfonamides is 1. The summed E-state index contributed by atoms with van der Waals surface area (Å²) in [4.78, 5) is 24.4. The first-order chi connectivity index (χ1) is 15.7. The molecule has 2 aromatic carbocycles. The molecule has 1 heterocycles. The number of hydrogen-bond donors (Lipinski definition) is 2. The molecule has 0 aliphatic carbocycles. The molecule has 9 nitrogen and oxygen atoms in total.